The Bertz CT molecular complexity index is 95.2. The van der Waals surface area contributed by atoms with E-state index >= 15 is 0 Å². The van der Waals surface area contributed by atoms with Crippen LogP contribution in [0.5, 0.6) is 0 Å². The van der Waals surface area contributed by atoms with Gasteiger partial charge in [0.25, 0.3) is 0 Å². The Morgan fingerprint density at radius 1 is 1.33 bits per heavy atom. The van der Waals surface area contributed by atoms with Crippen LogP contribution >= 0.6 is 10.3 Å². The molecule has 1 aliphatic heterocycles. The Kier molecular flexibility index (Phi) is 2.03. The first-order chi connectivity index (χ1) is 4.10. The molecule has 0 amide bonds. The molecule has 1 fully saturated rings. The van der Waals surface area contributed by atoms with Gasteiger partial charge in [0.05, 0.1) is 0 Å². The Morgan fingerprint density at radius 3 is 2.11 bits per heavy atom. The van der Waals surface area contributed by atoms with Gasteiger partial charge in [-0.3, -0.25) is 0 Å². The Labute approximate surface area is 58.4 Å². The fourth-order valence-corrected chi connectivity index (χ4v) is 2.53. The van der Waals surface area contributed by atoms with Crippen molar-refractivity contribution in [2.24, 2.45) is 0 Å². The third-order valence-corrected chi connectivity index (χ3v) is 3.95. The Morgan fingerprint density at radius 2 is 1.78 bits per heavy atom. The van der Waals surface area contributed by atoms with Crippen LogP contribution in [-0.2, 0) is 0 Å². The molecule has 1 heterocycles. The minimum absolute atomic E-state index is 1.00. The van der Waals surface area contributed by atoms with Crippen LogP contribution in [0.4, 0.5) is 0 Å². The molecular weight excluding hydrogens is 134 g/mol. The fourth-order valence-electron chi connectivity index (χ4n) is 0.919. The van der Waals surface area contributed by atoms with E-state index in [0.29, 0.717) is 0 Å². The van der Waals surface area contributed by atoms with E-state index in [0.717, 1.165) is 24.6 Å². The summed E-state index contributed by atoms with van der Waals surface area (Å²) in [4.78, 5) is 2.27. The Hall–Kier alpha value is 0.270. The van der Waals surface area contributed by atoms with Gasteiger partial charge < -0.3 is 9.45 Å². The maximum absolute atomic E-state index is 9.55. The first-order valence-electron chi connectivity index (χ1n) is 3.25. The quantitative estimate of drug-likeness (QED) is 0.551. The van der Waals surface area contributed by atoms with Gasteiger partial charge in [-0.15, -0.1) is 10.3 Å². The summed E-state index contributed by atoms with van der Waals surface area (Å²) >= 11 is 0. The lowest BCUT2D eigenvalue weighted by Crippen LogP contribution is -2.34. The topological polar surface area (TPSA) is 23.5 Å². The first kappa shape index (κ1) is 7.38. The fraction of sp³-hybridized carbons (Fsp3) is 1.00. The van der Waals surface area contributed by atoms with Crippen LogP contribution in [0.25, 0.3) is 0 Å². The standard InChI is InChI=1S/C6H15NOS/c1-7-3-5-9(2,8)6-4-7/h8H,3-6H2,1-2H3. The second kappa shape index (κ2) is 2.48. The molecule has 1 N–H and O–H groups in total. The van der Waals surface area contributed by atoms with Gasteiger partial charge in [0.2, 0.25) is 0 Å². The van der Waals surface area contributed by atoms with Crippen molar-refractivity contribution in [3.8, 4) is 0 Å². The van der Waals surface area contributed by atoms with Crippen LogP contribution in [0.1, 0.15) is 0 Å². The second-order valence-electron chi connectivity index (χ2n) is 2.93. The van der Waals surface area contributed by atoms with Crippen LogP contribution in [0.2, 0.25) is 0 Å². The zero-order valence-corrected chi connectivity index (χ0v) is 6.95. The van der Waals surface area contributed by atoms with Crippen molar-refractivity contribution in [3.63, 3.8) is 0 Å². The number of nitrogens with zero attached hydrogens (tertiary/aromatic N) is 1. The lowest BCUT2D eigenvalue weighted by molar-refractivity contribution is 0.361. The summed E-state index contributed by atoms with van der Waals surface area (Å²) in [5.74, 6) is 2.01. The van der Waals surface area contributed by atoms with Crippen molar-refractivity contribution >= 4 is 10.3 Å². The van der Waals surface area contributed by atoms with Gasteiger partial charge in [-0.25, -0.2) is 0 Å². The number of hydrogen-bond donors (Lipinski definition) is 1. The van der Waals surface area contributed by atoms with Crippen molar-refractivity contribution in [2.75, 3.05) is 37.9 Å². The predicted octanol–water partition coefficient (Wildman–Crippen LogP) is 0.839. The molecule has 2 nitrogen and oxygen atoms in total. The minimum Gasteiger partial charge on any atom is -0.352 e. The lowest BCUT2D eigenvalue weighted by atomic mass is 10.6. The molecule has 0 aromatic rings. The zero-order valence-electron chi connectivity index (χ0n) is 6.13. The molecule has 3 heteroatoms. The van der Waals surface area contributed by atoms with Gasteiger partial charge in [-0.2, -0.15) is 0 Å². The molecule has 0 spiro atoms. The maximum atomic E-state index is 9.55. The molecule has 1 aliphatic rings. The Balaban J connectivity index is 2.35. The van der Waals surface area contributed by atoms with Crippen molar-refractivity contribution in [2.45, 2.75) is 0 Å². The third-order valence-electron chi connectivity index (χ3n) is 1.83. The number of hydrogen-bond acceptors (Lipinski definition) is 2. The van der Waals surface area contributed by atoms with Crippen LogP contribution < -0.4 is 0 Å². The molecule has 9 heavy (non-hydrogen) atoms. The predicted molar refractivity (Wildman–Crippen MR) is 43.4 cm³/mol. The highest BCUT2D eigenvalue weighted by atomic mass is 32.3. The molecule has 0 aromatic heterocycles. The summed E-state index contributed by atoms with van der Waals surface area (Å²) in [6.45, 7) is 2.14. The van der Waals surface area contributed by atoms with Crippen LogP contribution in [0, 0.1) is 0 Å². The van der Waals surface area contributed by atoms with E-state index in [2.05, 4.69) is 11.9 Å². The second-order valence-corrected chi connectivity index (χ2v) is 6.19. The molecule has 0 unspecified atom stereocenters. The van der Waals surface area contributed by atoms with Crippen LogP contribution in [0.15, 0.2) is 0 Å². The third kappa shape index (κ3) is 2.16. The van der Waals surface area contributed by atoms with E-state index in [4.69, 9.17) is 0 Å². The molecule has 1 saturated heterocycles. The number of rotatable bonds is 0. The first-order valence-corrected chi connectivity index (χ1v) is 5.58. The molecule has 0 saturated carbocycles. The summed E-state index contributed by atoms with van der Waals surface area (Å²) in [6.07, 6.45) is 2.00. The molecule has 0 aromatic carbocycles. The maximum Gasteiger partial charge on any atom is 0.0113 e. The van der Waals surface area contributed by atoms with Crippen molar-refractivity contribution in [1.29, 1.82) is 0 Å². The van der Waals surface area contributed by atoms with E-state index in [9.17, 15) is 4.55 Å². The van der Waals surface area contributed by atoms with Crippen molar-refractivity contribution < 1.29 is 4.55 Å². The van der Waals surface area contributed by atoms with Crippen LogP contribution in [0.3, 0.4) is 0 Å². The highest BCUT2D eigenvalue weighted by Crippen LogP contribution is 2.40. The monoisotopic (exact) mass is 149 g/mol. The molecule has 0 radical (unpaired) electrons. The van der Waals surface area contributed by atoms with Gasteiger partial charge in [-0.05, 0) is 13.3 Å². The van der Waals surface area contributed by atoms with Gasteiger partial charge in [0.1, 0.15) is 0 Å². The van der Waals surface area contributed by atoms with Crippen molar-refractivity contribution in [3.05, 3.63) is 0 Å². The summed E-state index contributed by atoms with van der Waals surface area (Å²) in [7, 11) is 0.948. The van der Waals surface area contributed by atoms with Gasteiger partial charge in [0, 0.05) is 24.6 Å². The molecule has 0 bridgehead atoms. The average molecular weight is 149 g/mol. The van der Waals surface area contributed by atoms with E-state index in [-0.39, 0.29) is 0 Å². The molecule has 0 aliphatic carbocycles. The summed E-state index contributed by atoms with van der Waals surface area (Å²) in [6, 6.07) is 0. The minimum atomic E-state index is -1.16. The lowest BCUT2D eigenvalue weighted by Gasteiger charge is -2.37. The zero-order chi connectivity index (χ0) is 6.91. The summed E-state index contributed by atoms with van der Waals surface area (Å²) < 4.78 is 9.55. The smallest absolute Gasteiger partial charge is 0.0113 e. The highest BCUT2D eigenvalue weighted by molar-refractivity contribution is 8.28. The molecular formula is C6H15NOS. The molecule has 56 valence electrons. The van der Waals surface area contributed by atoms with Gasteiger partial charge >= 0.3 is 0 Å². The highest BCUT2D eigenvalue weighted by Gasteiger charge is 2.20. The van der Waals surface area contributed by atoms with E-state index in [1.165, 1.54) is 0 Å². The van der Waals surface area contributed by atoms with Gasteiger partial charge in [0.15, 0.2) is 0 Å². The largest absolute Gasteiger partial charge is 0.352 e. The average Bonchev–Trinajstić information content (AvgIpc) is 1.78. The molecule has 1 rings (SSSR count). The van der Waals surface area contributed by atoms with Gasteiger partial charge in [-0.1, -0.05) is 0 Å². The normalized spacial score (nSPS) is 31.9. The molecule has 0 atom stereocenters. The summed E-state index contributed by atoms with van der Waals surface area (Å²) in [5.41, 5.74) is 0. The SMILES string of the molecule is CN1CCS(C)(O)CC1. The van der Waals surface area contributed by atoms with E-state index < -0.39 is 10.3 Å². The van der Waals surface area contributed by atoms with E-state index in [1.807, 2.05) is 6.26 Å². The summed E-state index contributed by atoms with van der Waals surface area (Å²) in [5, 5.41) is 0. The van der Waals surface area contributed by atoms with Crippen LogP contribution in [-0.4, -0.2) is 47.4 Å². The van der Waals surface area contributed by atoms with Crippen molar-refractivity contribution in [1.82, 2.24) is 4.90 Å². The van der Waals surface area contributed by atoms with E-state index in [1.54, 1.807) is 0 Å².